The third kappa shape index (κ3) is 2.46. The molecule has 1 heterocycles. The molecule has 0 aliphatic carbocycles. The van der Waals surface area contributed by atoms with Crippen LogP contribution in [0.5, 0.6) is 0 Å². The van der Waals surface area contributed by atoms with Gasteiger partial charge >= 0.3 is 5.97 Å². The van der Waals surface area contributed by atoms with Gasteiger partial charge in [-0.05, 0) is 29.7 Å². The highest BCUT2D eigenvalue weighted by Gasteiger charge is 2.14. The second-order valence-electron chi connectivity index (χ2n) is 4.65. The molecule has 0 atom stereocenters. The number of carbonyl (C=O) groups excluding carboxylic acids is 1. The van der Waals surface area contributed by atoms with Gasteiger partial charge in [0.2, 0.25) is 0 Å². The number of fused-ring (bicyclic) bond motifs is 1. The predicted octanol–water partition coefficient (Wildman–Crippen LogP) is 3.97. The fourth-order valence-corrected chi connectivity index (χ4v) is 2.36. The molecule has 0 saturated carbocycles. The standard InChI is InChI=1S/C18H15NO2/c1-2-13-21-18(20)15-8-4-6-10-17(15)19-12-11-14-7-3-5-9-16(14)19/h2-12H,1,13H2. The molecule has 0 fully saturated rings. The number of hydrogen-bond donors (Lipinski definition) is 0. The Morgan fingerprint density at radius 2 is 1.86 bits per heavy atom. The summed E-state index contributed by atoms with van der Waals surface area (Å²) in [5.74, 6) is -0.344. The van der Waals surface area contributed by atoms with Gasteiger partial charge < -0.3 is 9.30 Å². The summed E-state index contributed by atoms with van der Waals surface area (Å²) in [5.41, 5.74) is 2.41. The van der Waals surface area contributed by atoms with E-state index in [1.54, 1.807) is 12.1 Å². The molecule has 0 unspecified atom stereocenters. The van der Waals surface area contributed by atoms with Crippen molar-refractivity contribution in [3.8, 4) is 5.69 Å². The van der Waals surface area contributed by atoms with E-state index in [-0.39, 0.29) is 12.6 Å². The average Bonchev–Trinajstić information content (AvgIpc) is 2.96. The molecule has 1 aromatic heterocycles. The zero-order valence-electron chi connectivity index (χ0n) is 11.5. The van der Waals surface area contributed by atoms with E-state index in [4.69, 9.17) is 4.74 Å². The van der Waals surface area contributed by atoms with Gasteiger partial charge in [0.15, 0.2) is 0 Å². The largest absolute Gasteiger partial charge is 0.458 e. The minimum Gasteiger partial charge on any atom is -0.458 e. The predicted molar refractivity (Wildman–Crippen MR) is 83.8 cm³/mol. The summed E-state index contributed by atoms with van der Waals surface area (Å²) in [4.78, 5) is 12.2. The van der Waals surface area contributed by atoms with Crippen molar-refractivity contribution in [2.24, 2.45) is 0 Å². The minimum absolute atomic E-state index is 0.208. The van der Waals surface area contributed by atoms with Crippen molar-refractivity contribution in [3.05, 3.63) is 79.0 Å². The first-order chi connectivity index (χ1) is 10.3. The number of aromatic nitrogens is 1. The van der Waals surface area contributed by atoms with Gasteiger partial charge in [0.25, 0.3) is 0 Å². The molecule has 0 aliphatic rings. The van der Waals surface area contributed by atoms with Crippen LogP contribution < -0.4 is 0 Å². The van der Waals surface area contributed by atoms with Gasteiger partial charge in [0, 0.05) is 6.20 Å². The molecule has 3 heteroatoms. The van der Waals surface area contributed by atoms with Gasteiger partial charge in [-0.1, -0.05) is 43.0 Å². The van der Waals surface area contributed by atoms with Crippen LogP contribution in [0.4, 0.5) is 0 Å². The summed E-state index contributed by atoms with van der Waals surface area (Å²) in [5, 5.41) is 1.13. The Morgan fingerprint density at radius 3 is 2.71 bits per heavy atom. The molecule has 3 rings (SSSR count). The van der Waals surface area contributed by atoms with E-state index < -0.39 is 0 Å². The lowest BCUT2D eigenvalue weighted by Crippen LogP contribution is -2.09. The van der Waals surface area contributed by atoms with Crippen molar-refractivity contribution in [1.82, 2.24) is 4.57 Å². The Bertz CT molecular complexity index is 802. The van der Waals surface area contributed by atoms with Crippen LogP contribution in [-0.4, -0.2) is 17.1 Å². The van der Waals surface area contributed by atoms with Gasteiger partial charge in [0.1, 0.15) is 6.61 Å². The molecular formula is C18H15NO2. The van der Waals surface area contributed by atoms with Crippen LogP contribution >= 0.6 is 0 Å². The SMILES string of the molecule is C=CCOC(=O)c1ccccc1-n1ccc2ccccc21. The Labute approximate surface area is 123 Å². The van der Waals surface area contributed by atoms with Gasteiger partial charge in [-0.2, -0.15) is 0 Å². The number of carbonyl (C=O) groups is 1. The third-order valence-electron chi connectivity index (χ3n) is 3.32. The van der Waals surface area contributed by atoms with Crippen molar-refractivity contribution in [3.63, 3.8) is 0 Å². The molecule has 0 aliphatic heterocycles. The maximum Gasteiger partial charge on any atom is 0.340 e. The summed E-state index contributed by atoms with van der Waals surface area (Å²) in [6, 6.07) is 17.5. The van der Waals surface area contributed by atoms with Crippen LogP contribution in [0.2, 0.25) is 0 Å². The van der Waals surface area contributed by atoms with Crippen molar-refractivity contribution in [2.45, 2.75) is 0 Å². The zero-order chi connectivity index (χ0) is 14.7. The molecule has 104 valence electrons. The lowest BCUT2D eigenvalue weighted by molar-refractivity contribution is 0.0550. The smallest absolute Gasteiger partial charge is 0.340 e. The zero-order valence-corrected chi connectivity index (χ0v) is 11.5. The Balaban J connectivity index is 2.10. The Morgan fingerprint density at radius 1 is 1.10 bits per heavy atom. The third-order valence-corrected chi connectivity index (χ3v) is 3.32. The van der Waals surface area contributed by atoms with Crippen molar-refractivity contribution in [2.75, 3.05) is 6.61 Å². The van der Waals surface area contributed by atoms with E-state index in [9.17, 15) is 4.79 Å². The fraction of sp³-hybridized carbons (Fsp3) is 0.0556. The van der Waals surface area contributed by atoms with Gasteiger partial charge in [-0.3, -0.25) is 0 Å². The van der Waals surface area contributed by atoms with Crippen LogP contribution in [-0.2, 0) is 4.74 Å². The topological polar surface area (TPSA) is 31.2 Å². The van der Waals surface area contributed by atoms with Crippen molar-refractivity contribution >= 4 is 16.9 Å². The Hall–Kier alpha value is -2.81. The molecule has 0 N–H and O–H groups in total. The van der Waals surface area contributed by atoms with E-state index in [0.717, 1.165) is 16.6 Å². The summed E-state index contributed by atoms with van der Waals surface area (Å²) in [6.45, 7) is 3.77. The van der Waals surface area contributed by atoms with E-state index in [1.807, 2.05) is 59.3 Å². The van der Waals surface area contributed by atoms with Gasteiger partial charge in [-0.15, -0.1) is 0 Å². The van der Waals surface area contributed by atoms with Crippen molar-refractivity contribution in [1.29, 1.82) is 0 Å². The average molecular weight is 277 g/mol. The van der Waals surface area contributed by atoms with Crippen LogP contribution in [0.25, 0.3) is 16.6 Å². The summed E-state index contributed by atoms with van der Waals surface area (Å²) in [7, 11) is 0. The number of benzene rings is 2. The minimum atomic E-state index is -0.344. The molecule has 0 saturated heterocycles. The molecule has 3 nitrogen and oxygen atoms in total. The molecule has 2 aromatic carbocycles. The molecule has 0 spiro atoms. The maximum atomic E-state index is 12.2. The number of rotatable bonds is 4. The summed E-state index contributed by atoms with van der Waals surface area (Å²) >= 11 is 0. The van der Waals surface area contributed by atoms with E-state index in [1.165, 1.54) is 0 Å². The highest BCUT2D eigenvalue weighted by molar-refractivity contribution is 5.95. The maximum absolute atomic E-state index is 12.2. The summed E-state index contributed by atoms with van der Waals surface area (Å²) < 4.78 is 7.16. The fourth-order valence-electron chi connectivity index (χ4n) is 2.36. The van der Waals surface area contributed by atoms with E-state index >= 15 is 0 Å². The monoisotopic (exact) mass is 277 g/mol. The Kier molecular flexibility index (Phi) is 3.56. The first-order valence-electron chi connectivity index (χ1n) is 6.75. The lowest BCUT2D eigenvalue weighted by atomic mass is 10.1. The first-order valence-corrected chi connectivity index (χ1v) is 6.75. The molecule has 0 radical (unpaired) electrons. The molecule has 3 aromatic rings. The number of esters is 1. The lowest BCUT2D eigenvalue weighted by Gasteiger charge is -2.11. The van der Waals surface area contributed by atoms with E-state index in [2.05, 4.69) is 6.58 Å². The number of ether oxygens (including phenoxy) is 1. The quantitative estimate of drug-likeness (QED) is 0.533. The molecule has 21 heavy (non-hydrogen) atoms. The van der Waals surface area contributed by atoms with Crippen LogP contribution in [0.1, 0.15) is 10.4 Å². The summed E-state index contributed by atoms with van der Waals surface area (Å²) in [6.07, 6.45) is 3.52. The highest BCUT2D eigenvalue weighted by atomic mass is 16.5. The second kappa shape index (κ2) is 5.67. The number of hydrogen-bond acceptors (Lipinski definition) is 2. The molecule has 0 amide bonds. The molecule has 0 bridgehead atoms. The van der Waals surface area contributed by atoms with E-state index in [0.29, 0.717) is 5.56 Å². The van der Waals surface area contributed by atoms with Crippen LogP contribution in [0, 0.1) is 0 Å². The van der Waals surface area contributed by atoms with Crippen LogP contribution in [0.15, 0.2) is 73.4 Å². The highest BCUT2D eigenvalue weighted by Crippen LogP contribution is 2.23. The van der Waals surface area contributed by atoms with Gasteiger partial charge in [-0.25, -0.2) is 4.79 Å². The molecular weight excluding hydrogens is 262 g/mol. The second-order valence-corrected chi connectivity index (χ2v) is 4.65. The normalized spacial score (nSPS) is 10.5. The first kappa shape index (κ1) is 13.2. The van der Waals surface area contributed by atoms with Crippen molar-refractivity contribution < 1.29 is 9.53 Å². The van der Waals surface area contributed by atoms with Gasteiger partial charge in [0.05, 0.1) is 16.8 Å². The van der Waals surface area contributed by atoms with Crippen LogP contribution in [0.3, 0.4) is 0 Å². The number of nitrogens with zero attached hydrogens (tertiary/aromatic N) is 1. The number of para-hydroxylation sites is 2.